The molecule has 4 N–H and O–H groups in total. The number of fused-ring (bicyclic) bond motifs is 2. The van der Waals surface area contributed by atoms with Gasteiger partial charge >= 0.3 is 12.1 Å². The largest absolute Gasteiger partial charge is 0.325 e. The van der Waals surface area contributed by atoms with E-state index in [0.717, 1.165) is 0 Å². The molecule has 2 heterocycles. The fourth-order valence-electron chi connectivity index (χ4n) is 2.04. The number of para-hydroxylation sites is 1. The first kappa shape index (κ1) is 9.64. The van der Waals surface area contributed by atoms with Gasteiger partial charge in [0.25, 0.3) is 5.91 Å². The van der Waals surface area contributed by atoms with Gasteiger partial charge in [0.15, 0.2) is 0 Å². The zero-order chi connectivity index (χ0) is 12.0. The summed E-state index contributed by atoms with van der Waals surface area (Å²) >= 11 is 0. The topological polar surface area (TPSA) is 99.3 Å². The third kappa shape index (κ3) is 1.19. The Kier molecular flexibility index (Phi) is 1.68. The molecule has 3 rings (SSSR count). The van der Waals surface area contributed by atoms with Gasteiger partial charge < -0.3 is 16.0 Å². The Morgan fingerprint density at radius 3 is 2.24 bits per heavy atom. The molecule has 7 heteroatoms. The minimum absolute atomic E-state index is 0.484. The highest BCUT2D eigenvalue weighted by Crippen LogP contribution is 2.34. The lowest BCUT2D eigenvalue weighted by molar-refractivity contribution is -0.122. The molecule has 1 spiro atoms. The Balaban J connectivity index is 2.16. The average molecular weight is 232 g/mol. The Labute approximate surface area is 95.6 Å². The monoisotopic (exact) mass is 232 g/mol. The van der Waals surface area contributed by atoms with Crippen LogP contribution in [-0.4, -0.2) is 18.0 Å². The van der Waals surface area contributed by atoms with Gasteiger partial charge in [-0.1, -0.05) is 18.2 Å². The standard InChI is InChI=1S/C10H8N4O3/c15-7-10(13-8(16)12-9(17)14-10)5-3-1-2-4-6(5)11-7/h1-4H,(H,11,15)(H3,12,13,14,16,17). The molecular weight excluding hydrogens is 224 g/mol. The SMILES string of the molecule is O=C1NC(=O)NC2(N1)C(=O)Nc1ccccc12. The highest BCUT2D eigenvalue weighted by molar-refractivity contribution is 6.12. The molecule has 17 heavy (non-hydrogen) atoms. The number of amides is 5. The summed E-state index contributed by atoms with van der Waals surface area (Å²) in [6.07, 6.45) is 0. The predicted octanol–water partition coefficient (Wildman–Crippen LogP) is -0.186. The quantitative estimate of drug-likeness (QED) is 0.499. The lowest BCUT2D eigenvalue weighted by Gasteiger charge is -2.33. The summed E-state index contributed by atoms with van der Waals surface area (Å²) in [5.41, 5.74) is -0.413. The molecule has 7 nitrogen and oxygen atoms in total. The number of hydrogen-bond acceptors (Lipinski definition) is 3. The summed E-state index contributed by atoms with van der Waals surface area (Å²) in [7, 11) is 0. The average Bonchev–Trinajstić information content (AvgIpc) is 2.51. The van der Waals surface area contributed by atoms with E-state index in [2.05, 4.69) is 16.0 Å². The highest BCUT2D eigenvalue weighted by Gasteiger charge is 2.51. The van der Waals surface area contributed by atoms with Crippen molar-refractivity contribution < 1.29 is 14.4 Å². The summed E-state index contributed by atoms with van der Waals surface area (Å²) in [4.78, 5) is 34.6. The maximum absolute atomic E-state index is 11.9. The normalized spacial score (nSPS) is 20.1. The van der Waals surface area contributed by atoms with Crippen LogP contribution in [0.5, 0.6) is 0 Å². The van der Waals surface area contributed by atoms with Crippen LogP contribution in [0.1, 0.15) is 5.56 Å². The number of urea groups is 2. The predicted molar refractivity (Wildman–Crippen MR) is 56.9 cm³/mol. The zero-order valence-corrected chi connectivity index (χ0v) is 8.53. The lowest BCUT2D eigenvalue weighted by Crippen LogP contribution is -2.70. The molecule has 0 bridgehead atoms. The number of imide groups is 1. The number of carbonyl (C=O) groups is 3. The molecule has 2 aliphatic heterocycles. The second kappa shape index (κ2) is 2.97. The Bertz CT molecular complexity index is 538. The van der Waals surface area contributed by atoms with E-state index < -0.39 is 23.6 Å². The van der Waals surface area contributed by atoms with Crippen LogP contribution < -0.4 is 21.3 Å². The molecule has 2 aliphatic rings. The summed E-state index contributed by atoms with van der Waals surface area (Å²) in [6, 6.07) is 5.42. The first-order valence-electron chi connectivity index (χ1n) is 4.94. The van der Waals surface area contributed by atoms with Crippen molar-refractivity contribution in [1.29, 1.82) is 0 Å². The molecule has 0 saturated carbocycles. The first-order valence-corrected chi connectivity index (χ1v) is 4.94. The third-order valence-electron chi connectivity index (χ3n) is 2.75. The van der Waals surface area contributed by atoms with E-state index in [1.54, 1.807) is 24.3 Å². The van der Waals surface area contributed by atoms with Crippen molar-refractivity contribution in [2.75, 3.05) is 5.32 Å². The molecule has 1 fully saturated rings. The summed E-state index contributed by atoms with van der Waals surface area (Å²) < 4.78 is 0. The van der Waals surface area contributed by atoms with Gasteiger partial charge in [-0.05, 0) is 6.07 Å². The molecule has 0 radical (unpaired) electrons. The van der Waals surface area contributed by atoms with Crippen molar-refractivity contribution in [2.45, 2.75) is 5.66 Å². The molecule has 5 amide bonds. The van der Waals surface area contributed by atoms with Crippen molar-refractivity contribution in [3.05, 3.63) is 29.8 Å². The summed E-state index contributed by atoms with van der Waals surface area (Å²) in [6.45, 7) is 0. The maximum Gasteiger partial charge on any atom is 0.325 e. The van der Waals surface area contributed by atoms with Crippen molar-refractivity contribution in [1.82, 2.24) is 16.0 Å². The maximum atomic E-state index is 11.9. The van der Waals surface area contributed by atoms with Crippen LogP contribution in [0.15, 0.2) is 24.3 Å². The van der Waals surface area contributed by atoms with E-state index in [4.69, 9.17) is 0 Å². The summed E-state index contributed by atoms with van der Waals surface area (Å²) in [5.74, 6) is -0.484. The van der Waals surface area contributed by atoms with E-state index in [1.165, 1.54) is 0 Å². The first-order chi connectivity index (χ1) is 8.12. The second-order valence-electron chi connectivity index (χ2n) is 3.78. The van der Waals surface area contributed by atoms with Crippen LogP contribution >= 0.6 is 0 Å². The molecule has 0 atom stereocenters. The van der Waals surface area contributed by atoms with Crippen molar-refractivity contribution in [3.63, 3.8) is 0 Å². The Hall–Kier alpha value is -2.57. The minimum Gasteiger partial charge on any atom is -0.322 e. The van der Waals surface area contributed by atoms with Crippen molar-refractivity contribution >= 4 is 23.7 Å². The van der Waals surface area contributed by atoms with E-state index in [1.807, 2.05) is 5.32 Å². The van der Waals surface area contributed by atoms with Gasteiger partial charge in [0.05, 0.1) is 0 Å². The molecular formula is C10H8N4O3. The van der Waals surface area contributed by atoms with Gasteiger partial charge in [0.1, 0.15) is 0 Å². The number of nitrogens with one attached hydrogen (secondary N) is 4. The number of benzene rings is 1. The zero-order valence-electron chi connectivity index (χ0n) is 8.53. The minimum atomic E-state index is -1.50. The van der Waals surface area contributed by atoms with Gasteiger partial charge in [0.2, 0.25) is 5.66 Å². The molecule has 0 unspecified atom stereocenters. The van der Waals surface area contributed by atoms with E-state index in [9.17, 15) is 14.4 Å². The van der Waals surface area contributed by atoms with Crippen LogP contribution in [0.25, 0.3) is 0 Å². The molecule has 86 valence electrons. The third-order valence-corrected chi connectivity index (χ3v) is 2.75. The van der Waals surface area contributed by atoms with Gasteiger partial charge in [-0.25, -0.2) is 9.59 Å². The van der Waals surface area contributed by atoms with Crippen LogP contribution in [0.2, 0.25) is 0 Å². The van der Waals surface area contributed by atoms with Crippen molar-refractivity contribution in [2.24, 2.45) is 0 Å². The Morgan fingerprint density at radius 2 is 1.53 bits per heavy atom. The van der Waals surface area contributed by atoms with E-state index >= 15 is 0 Å². The van der Waals surface area contributed by atoms with E-state index in [-0.39, 0.29) is 0 Å². The number of rotatable bonds is 0. The summed E-state index contributed by atoms with van der Waals surface area (Å²) in [5, 5.41) is 9.47. The number of carbonyl (C=O) groups excluding carboxylic acids is 3. The van der Waals surface area contributed by atoms with Gasteiger partial charge in [-0.15, -0.1) is 0 Å². The Morgan fingerprint density at radius 1 is 0.882 bits per heavy atom. The van der Waals surface area contributed by atoms with Crippen molar-refractivity contribution in [3.8, 4) is 0 Å². The fraction of sp³-hybridized carbons (Fsp3) is 0.100. The molecule has 0 aliphatic carbocycles. The van der Waals surface area contributed by atoms with Gasteiger partial charge in [-0.2, -0.15) is 0 Å². The number of hydrogen-bond donors (Lipinski definition) is 4. The fourth-order valence-corrected chi connectivity index (χ4v) is 2.04. The smallest absolute Gasteiger partial charge is 0.322 e. The lowest BCUT2D eigenvalue weighted by atomic mass is 10.0. The molecule has 1 aromatic carbocycles. The van der Waals surface area contributed by atoms with Gasteiger partial charge in [-0.3, -0.25) is 10.1 Å². The van der Waals surface area contributed by atoms with Crippen LogP contribution in [0.4, 0.5) is 15.3 Å². The molecule has 0 aromatic heterocycles. The van der Waals surface area contributed by atoms with Crippen LogP contribution in [-0.2, 0) is 10.5 Å². The molecule has 1 aromatic rings. The molecule has 1 saturated heterocycles. The van der Waals surface area contributed by atoms with Crippen LogP contribution in [0.3, 0.4) is 0 Å². The highest BCUT2D eigenvalue weighted by atomic mass is 16.2. The van der Waals surface area contributed by atoms with E-state index in [0.29, 0.717) is 11.3 Å². The van der Waals surface area contributed by atoms with Crippen LogP contribution in [0, 0.1) is 0 Å². The second-order valence-corrected chi connectivity index (χ2v) is 3.78. The van der Waals surface area contributed by atoms with Gasteiger partial charge in [0, 0.05) is 11.3 Å². The number of anilines is 1.